The van der Waals surface area contributed by atoms with Crippen LogP contribution in [0.2, 0.25) is 0 Å². The smallest absolute Gasteiger partial charge is 0.335 e. The quantitative estimate of drug-likeness (QED) is 0.864. The monoisotopic (exact) mass is 235 g/mol. The SMILES string of the molecule is COc1ccc(C(=O)O)cc1OC(C)(C)C#N. The average Bonchev–Trinajstić information content (AvgIpc) is 2.28. The highest BCUT2D eigenvalue weighted by atomic mass is 16.5. The number of carboxylic acids is 1. The second-order valence-corrected chi connectivity index (χ2v) is 3.89. The van der Waals surface area contributed by atoms with Crippen molar-refractivity contribution < 1.29 is 19.4 Å². The molecule has 0 aromatic heterocycles. The van der Waals surface area contributed by atoms with Crippen molar-refractivity contribution in [1.82, 2.24) is 0 Å². The Bertz CT molecular complexity index is 474. The molecule has 0 saturated heterocycles. The number of hydrogen-bond donors (Lipinski definition) is 1. The first-order chi connectivity index (χ1) is 7.89. The van der Waals surface area contributed by atoms with Crippen LogP contribution in [-0.4, -0.2) is 23.8 Å². The van der Waals surface area contributed by atoms with Crippen LogP contribution in [0.4, 0.5) is 0 Å². The predicted octanol–water partition coefficient (Wildman–Crippen LogP) is 2.07. The van der Waals surface area contributed by atoms with Crippen molar-refractivity contribution in [2.75, 3.05) is 7.11 Å². The Labute approximate surface area is 99.2 Å². The molecule has 0 radical (unpaired) electrons. The third-order valence-corrected chi connectivity index (χ3v) is 2.04. The summed E-state index contributed by atoms with van der Waals surface area (Å²) >= 11 is 0. The third-order valence-electron chi connectivity index (χ3n) is 2.04. The molecule has 1 rings (SSSR count). The topological polar surface area (TPSA) is 79.6 Å². The number of hydrogen-bond acceptors (Lipinski definition) is 4. The Morgan fingerprint density at radius 3 is 2.53 bits per heavy atom. The minimum atomic E-state index is -1.06. The number of benzene rings is 1. The highest BCUT2D eigenvalue weighted by molar-refractivity contribution is 5.88. The van der Waals surface area contributed by atoms with Crippen molar-refractivity contribution in [2.45, 2.75) is 19.4 Å². The molecule has 0 atom stereocenters. The molecule has 0 saturated carbocycles. The van der Waals surface area contributed by atoms with Crippen LogP contribution in [0.25, 0.3) is 0 Å². The van der Waals surface area contributed by atoms with Gasteiger partial charge in [0.05, 0.1) is 12.7 Å². The van der Waals surface area contributed by atoms with Gasteiger partial charge in [0.1, 0.15) is 6.07 Å². The maximum Gasteiger partial charge on any atom is 0.335 e. The summed E-state index contributed by atoms with van der Waals surface area (Å²) in [5.41, 5.74) is -0.973. The molecule has 0 amide bonds. The van der Waals surface area contributed by atoms with Gasteiger partial charge in [0.25, 0.3) is 0 Å². The fourth-order valence-corrected chi connectivity index (χ4v) is 1.19. The fourth-order valence-electron chi connectivity index (χ4n) is 1.19. The van der Waals surface area contributed by atoms with Crippen LogP contribution in [0.1, 0.15) is 24.2 Å². The van der Waals surface area contributed by atoms with Crippen LogP contribution in [-0.2, 0) is 0 Å². The van der Waals surface area contributed by atoms with E-state index in [0.29, 0.717) is 5.75 Å². The van der Waals surface area contributed by atoms with Gasteiger partial charge in [0.2, 0.25) is 0 Å². The van der Waals surface area contributed by atoms with E-state index in [-0.39, 0.29) is 11.3 Å². The van der Waals surface area contributed by atoms with E-state index < -0.39 is 11.6 Å². The maximum atomic E-state index is 10.8. The Morgan fingerprint density at radius 1 is 1.41 bits per heavy atom. The minimum Gasteiger partial charge on any atom is -0.493 e. The summed E-state index contributed by atoms with van der Waals surface area (Å²) in [6.07, 6.45) is 0. The Morgan fingerprint density at radius 2 is 2.06 bits per heavy atom. The van der Waals surface area contributed by atoms with Gasteiger partial charge in [-0.05, 0) is 32.0 Å². The summed E-state index contributed by atoms with van der Waals surface area (Å²) < 4.78 is 10.5. The zero-order valence-electron chi connectivity index (χ0n) is 9.85. The normalized spacial score (nSPS) is 10.5. The zero-order chi connectivity index (χ0) is 13.1. The molecule has 0 spiro atoms. The molecule has 0 bridgehead atoms. The first-order valence-corrected chi connectivity index (χ1v) is 4.91. The van der Waals surface area contributed by atoms with Gasteiger partial charge in [-0.2, -0.15) is 5.26 Å². The summed E-state index contributed by atoms with van der Waals surface area (Å²) in [4.78, 5) is 10.8. The predicted molar refractivity (Wildman–Crippen MR) is 60.3 cm³/mol. The van der Waals surface area contributed by atoms with E-state index in [0.717, 1.165) is 0 Å². The van der Waals surface area contributed by atoms with Crippen molar-refractivity contribution in [3.63, 3.8) is 0 Å². The van der Waals surface area contributed by atoms with Crippen LogP contribution < -0.4 is 9.47 Å². The van der Waals surface area contributed by atoms with E-state index in [2.05, 4.69) is 0 Å². The molecule has 1 aromatic rings. The summed E-state index contributed by atoms with van der Waals surface area (Å²) in [6.45, 7) is 3.17. The van der Waals surface area contributed by atoms with Crippen molar-refractivity contribution >= 4 is 5.97 Å². The lowest BCUT2D eigenvalue weighted by molar-refractivity contribution is 0.0695. The van der Waals surface area contributed by atoms with Gasteiger partial charge in [0, 0.05) is 0 Å². The summed E-state index contributed by atoms with van der Waals surface area (Å²) in [5.74, 6) is -0.440. The summed E-state index contributed by atoms with van der Waals surface area (Å²) in [7, 11) is 1.45. The van der Waals surface area contributed by atoms with Gasteiger partial charge in [0.15, 0.2) is 17.1 Å². The number of carbonyl (C=O) groups is 1. The zero-order valence-corrected chi connectivity index (χ0v) is 9.85. The number of methoxy groups -OCH3 is 1. The van der Waals surface area contributed by atoms with E-state index in [1.54, 1.807) is 13.8 Å². The van der Waals surface area contributed by atoms with Crippen molar-refractivity contribution in [2.24, 2.45) is 0 Å². The van der Waals surface area contributed by atoms with E-state index in [9.17, 15) is 4.79 Å². The molecular formula is C12H13NO4. The van der Waals surface area contributed by atoms with Gasteiger partial charge in [-0.15, -0.1) is 0 Å². The molecule has 90 valence electrons. The second kappa shape index (κ2) is 4.74. The molecule has 1 N–H and O–H groups in total. The Hall–Kier alpha value is -2.22. The van der Waals surface area contributed by atoms with Crippen LogP contribution in [0.3, 0.4) is 0 Å². The number of ether oxygens (including phenoxy) is 2. The lowest BCUT2D eigenvalue weighted by Crippen LogP contribution is -2.25. The van der Waals surface area contributed by atoms with E-state index in [4.69, 9.17) is 19.8 Å². The van der Waals surface area contributed by atoms with Gasteiger partial charge < -0.3 is 14.6 Å². The lowest BCUT2D eigenvalue weighted by Gasteiger charge is -2.20. The van der Waals surface area contributed by atoms with Gasteiger partial charge in [-0.3, -0.25) is 0 Å². The number of nitriles is 1. The van der Waals surface area contributed by atoms with Crippen LogP contribution in [0.15, 0.2) is 18.2 Å². The molecule has 5 nitrogen and oxygen atoms in total. The minimum absolute atomic E-state index is 0.0783. The number of carboxylic acid groups (broad SMARTS) is 1. The van der Waals surface area contributed by atoms with Crippen LogP contribution >= 0.6 is 0 Å². The fraction of sp³-hybridized carbons (Fsp3) is 0.333. The first-order valence-electron chi connectivity index (χ1n) is 4.91. The maximum absolute atomic E-state index is 10.8. The van der Waals surface area contributed by atoms with Crippen molar-refractivity contribution in [3.8, 4) is 17.6 Å². The lowest BCUT2D eigenvalue weighted by atomic mass is 10.1. The van der Waals surface area contributed by atoms with Crippen LogP contribution in [0.5, 0.6) is 11.5 Å². The molecule has 0 aliphatic carbocycles. The van der Waals surface area contributed by atoms with Crippen molar-refractivity contribution in [3.05, 3.63) is 23.8 Å². The van der Waals surface area contributed by atoms with Gasteiger partial charge in [-0.25, -0.2) is 4.79 Å². The van der Waals surface area contributed by atoms with E-state index in [1.165, 1.54) is 25.3 Å². The summed E-state index contributed by atoms with van der Waals surface area (Å²) in [6, 6.07) is 6.20. The Balaban J connectivity index is 3.16. The average molecular weight is 235 g/mol. The first kappa shape index (κ1) is 12.8. The molecule has 0 fully saturated rings. The summed E-state index contributed by atoms with van der Waals surface area (Å²) in [5, 5.41) is 17.7. The highest BCUT2D eigenvalue weighted by Gasteiger charge is 2.21. The molecule has 17 heavy (non-hydrogen) atoms. The largest absolute Gasteiger partial charge is 0.493 e. The number of aromatic carboxylic acids is 1. The van der Waals surface area contributed by atoms with E-state index in [1.807, 2.05) is 6.07 Å². The van der Waals surface area contributed by atoms with Crippen molar-refractivity contribution in [1.29, 1.82) is 5.26 Å². The molecule has 0 unspecified atom stereocenters. The van der Waals surface area contributed by atoms with Crippen LogP contribution in [0, 0.1) is 11.3 Å². The van der Waals surface area contributed by atoms with Gasteiger partial charge >= 0.3 is 5.97 Å². The second-order valence-electron chi connectivity index (χ2n) is 3.89. The molecule has 0 aliphatic rings. The number of rotatable bonds is 4. The standard InChI is InChI=1S/C12H13NO4/c1-12(2,7-13)17-10-6-8(11(14)15)4-5-9(10)16-3/h4-6H,1-3H3,(H,14,15). The molecule has 1 aromatic carbocycles. The number of nitrogens with zero attached hydrogens (tertiary/aromatic N) is 1. The molecule has 0 heterocycles. The van der Waals surface area contributed by atoms with E-state index >= 15 is 0 Å². The molecule has 5 heteroatoms. The molecule has 0 aliphatic heterocycles. The van der Waals surface area contributed by atoms with Gasteiger partial charge in [-0.1, -0.05) is 0 Å². The molecular weight excluding hydrogens is 222 g/mol. The third kappa shape index (κ3) is 3.11. The highest BCUT2D eigenvalue weighted by Crippen LogP contribution is 2.31. The Kier molecular flexibility index (Phi) is 3.59.